The number of hydrogen-bond donors (Lipinski definition) is 0. The molecule has 1 aliphatic rings. The van der Waals surface area contributed by atoms with Crippen LogP contribution in [0.15, 0.2) is 52.5 Å². The highest BCUT2D eigenvalue weighted by Gasteiger charge is 2.27. The topological polar surface area (TPSA) is 29.3 Å². The first-order valence-electron chi connectivity index (χ1n) is 7.77. The highest BCUT2D eigenvalue weighted by molar-refractivity contribution is 7.10. The minimum absolute atomic E-state index is 0.253. The molecular weight excluding hydrogens is 311 g/mol. The van der Waals surface area contributed by atoms with E-state index in [4.69, 9.17) is 4.42 Å². The molecule has 1 atom stereocenters. The summed E-state index contributed by atoms with van der Waals surface area (Å²) in [6.45, 7) is 1.87. The smallest absolute Gasteiger partial charge is 0.226 e. The Morgan fingerprint density at radius 3 is 2.91 bits per heavy atom. The van der Waals surface area contributed by atoms with Crippen molar-refractivity contribution in [2.45, 2.75) is 25.4 Å². The zero-order valence-electron chi connectivity index (χ0n) is 12.6. The summed E-state index contributed by atoms with van der Waals surface area (Å²) in [6.07, 6.45) is 4.12. The Kier molecular flexibility index (Phi) is 3.97. The summed E-state index contributed by atoms with van der Waals surface area (Å²) in [5.41, 5.74) is 1.72. The quantitative estimate of drug-likeness (QED) is 0.683. The Bertz CT molecular complexity index is 767. The molecule has 0 saturated carbocycles. The normalized spacial score (nSPS) is 18.6. The van der Waals surface area contributed by atoms with E-state index in [1.165, 1.54) is 29.9 Å². The van der Waals surface area contributed by atoms with Gasteiger partial charge in [0.2, 0.25) is 5.89 Å². The molecule has 1 aromatic carbocycles. The molecule has 1 saturated heterocycles. The van der Waals surface area contributed by atoms with Crippen LogP contribution in [0.4, 0.5) is 4.39 Å². The van der Waals surface area contributed by atoms with Gasteiger partial charge in [0.1, 0.15) is 12.1 Å². The molecule has 4 rings (SSSR count). The summed E-state index contributed by atoms with van der Waals surface area (Å²) in [5, 5.41) is 2.13. The van der Waals surface area contributed by atoms with Gasteiger partial charge in [-0.1, -0.05) is 6.07 Å². The van der Waals surface area contributed by atoms with Gasteiger partial charge in [0.05, 0.1) is 5.69 Å². The number of benzene rings is 1. The molecule has 0 aliphatic carbocycles. The summed E-state index contributed by atoms with van der Waals surface area (Å²) >= 11 is 1.82. The molecule has 118 valence electrons. The van der Waals surface area contributed by atoms with Gasteiger partial charge in [-0.2, -0.15) is 0 Å². The molecule has 0 N–H and O–H groups in total. The van der Waals surface area contributed by atoms with Crippen LogP contribution in [0.2, 0.25) is 0 Å². The molecular formula is C18H17FN2OS. The van der Waals surface area contributed by atoms with Crippen LogP contribution < -0.4 is 0 Å². The van der Waals surface area contributed by atoms with Crippen LogP contribution in [-0.4, -0.2) is 16.4 Å². The zero-order chi connectivity index (χ0) is 15.6. The monoisotopic (exact) mass is 328 g/mol. The largest absolute Gasteiger partial charge is 0.444 e. The van der Waals surface area contributed by atoms with Crippen LogP contribution in [0.3, 0.4) is 0 Å². The number of halogens is 1. The maximum atomic E-state index is 13.0. The van der Waals surface area contributed by atoms with E-state index in [-0.39, 0.29) is 5.82 Å². The second-order valence-corrected chi connectivity index (χ2v) is 6.77. The maximum absolute atomic E-state index is 13.0. The van der Waals surface area contributed by atoms with E-state index in [1.807, 2.05) is 11.3 Å². The average Bonchev–Trinajstić information content (AvgIpc) is 3.29. The summed E-state index contributed by atoms with van der Waals surface area (Å²) in [4.78, 5) is 8.44. The van der Waals surface area contributed by atoms with Crippen molar-refractivity contribution >= 4 is 11.3 Å². The molecule has 2 aromatic heterocycles. The summed E-state index contributed by atoms with van der Waals surface area (Å²) < 4.78 is 18.6. The fourth-order valence-electron chi connectivity index (χ4n) is 3.13. The van der Waals surface area contributed by atoms with E-state index >= 15 is 0 Å². The van der Waals surface area contributed by atoms with E-state index in [2.05, 4.69) is 27.4 Å². The summed E-state index contributed by atoms with van der Waals surface area (Å²) in [7, 11) is 0. The highest BCUT2D eigenvalue weighted by Crippen LogP contribution is 2.35. The van der Waals surface area contributed by atoms with Crippen molar-refractivity contribution < 1.29 is 8.81 Å². The first-order valence-corrected chi connectivity index (χ1v) is 8.65. The SMILES string of the molecule is Fc1ccc(-c2nc(CN3CCC[C@H]3c3cccs3)co2)cc1. The number of likely N-dealkylation sites (tertiary alicyclic amines) is 1. The van der Waals surface area contributed by atoms with Crippen LogP contribution >= 0.6 is 11.3 Å². The molecule has 0 amide bonds. The molecule has 3 heterocycles. The maximum Gasteiger partial charge on any atom is 0.226 e. The average molecular weight is 328 g/mol. The van der Waals surface area contributed by atoms with Gasteiger partial charge >= 0.3 is 0 Å². The lowest BCUT2D eigenvalue weighted by atomic mass is 10.2. The third kappa shape index (κ3) is 3.07. The molecule has 0 spiro atoms. The number of oxazole rings is 1. The van der Waals surface area contributed by atoms with Gasteiger partial charge in [-0.25, -0.2) is 9.37 Å². The van der Waals surface area contributed by atoms with Crippen molar-refractivity contribution in [3.8, 4) is 11.5 Å². The van der Waals surface area contributed by atoms with Crippen molar-refractivity contribution in [2.24, 2.45) is 0 Å². The van der Waals surface area contributed by atoms with Crippen LogP contribution in [-0.2, 0) is 6.54 Å². The highest BCUT2D eigenvalue weighted by atomic mass is 32.1. The Morgan fingerprint density at radius 1 is 1.26 bits per heavy atom. The predicted octanol–water partition coefficient (Wildman–Crippen LogP) is 4.88. The zero-order valence-corrected chi connectivity index (χ0v) is 13.4. The lowest BCUT2D eigenvalue weighted by Crippen LogP contribution is -2.22. The number of nitrogens with zero attached hydrogens (tertiary/aromatic N) is 2. The second-order valence-electron chi connectivity index (χ2n) is 5.79. The Labute approximate surface area is 138 Å². The minimum Gasteiger partial charge on any atom is -0.444 e. The number of hydrogen-bond acceptors (Lipinski definition) is 4. The predicted molar refractivity (Wildman–Crippen MR) is 88.6 cm³/mol. The standard InChI is InChI=1S/C18H17FN2OS/c19-14-7-5-13(6-8-14)18-20-15(12-22-18)11-21-9-1-3-16(21)17-4-2-10-23-17/h2,4-8,10,12,16H,1,3,9,11H2/t16-/m0/s1. The van der Waals surface area contributed by atoms with E-state index < -0.39 is 0 Å². The van der Waals surface area contributed by atoms with Gasteiger partial charge in [-0.05, 0) is 55.1 Å². The second kappa shape index (κ2) is 6.26. The van der Waals surface area contributed by atoms with Gasteiger partial charge in [0, 0.05) is 23.0 Å². The van der Waals surface area contributed by atoms with Crippen LogP contribution in [0.1, 0.15) is 29.5 Å². The Hall–Kier alpha value is -1.98. The van der Waals surface area contributed by atoms with E-state index in [1.54, 1.807) is 18.4 Å². The third-order valence-electron chi connectivity index (χ3n) is 4.24. The molecule has 5 heteroatoms. The molecule has 0 bridgehead atoms. The summed E-state index contributed by atoms with van der Waals surface area (Å²) in [5.74, 6) is 0.295. The molecule has 0 unspecified atom stereocenters. The minimum atomic E-state index is -0.253. The fourth-order valence-corrected chi connectivity index (χ4v) is 4.03. The van der Waals surface area contributed by atoms with Gasteiger partial charge in [0.25, 0.3) is 0 Å². The van der Waals surface area contributed by atoms with Crippen molar-refractivity contribution in [2.75, 3.05) is 6.54 Å². The molecule has 3 nitrogen and oxygen atoms in total. The van der Waals surface area contributed by atoms with E-state index in [0.29, 0.717) is 11.9 Å². The molecule has 3 aromatic rings. The molecule has 1 fully saturated rings. The van der Waals surface area contributed by atoms with Gasteiger partial charge in [-0.15, -0.1) is 11.3 Å². The lowest BCUT2D eigenvalue weighted by Gasteiger charge is -2.22. The molecule has 23 heavy (non-hydrogen) atoms. The fraction of sp³-hybridized carbons (Fsp3) is 0.278. The van der Waals surface area contributed by atoms with Crippen molar-refractivity contribution in [3.63, 3.8) is 0 Å². The first kappa shape index (κ1) is 14.6. The van der Waals surface area contributed by atoms with Gasteiger partial charge in [-0.3, -0.25) is 4.90 Å². The van der Waals surface area contributed by atoms with Crippen molar-refractivity contribution in [3.05, 3.63) is 64.4 Å². The van der Waals surface area contributed by atoms with Crippen molar-refractivity contribution in [1.82, 2.24) is 9.88 Å². The Balaban J connectivity index is 1.50. The Morgan fingerprint density at radius 2 is 2.13 bits per heavy atom. The van der Waals surface area contributed by atoms with Crippen LogP contribution in [0.5, 0.6) is 0 Å². The number of thiophene rings is 1. The van der Waals surface area contributed by atoms with Crippen LogP contribution in [0, 0.1) is 5.82 Å². The molecule has 0 radical (unpaired) electrons. The van der Waals surface area contributed by atoms with E-state index in [9.17, 15) is 4.39 Å². The third-order valence-corrected chi connectivity index (χ3v) is 5.22. The van der Waals surface area contributed by atoms with Crippen molar-refractivity contribution in [1.29, 1.82) is 0 Å². The van der Waals surface area contributed by atoms with Crippen LogP contribution in [0.25, 0.3) is 11.5 Å². The summed E-state index contributed by atoms with van der Waals surface area (Å²) in [6, 6.07) is 11.0. The van der Waals surface area contributed by atoms with Gasteiger partial charge in [0.15, 0.2) is 0 Å². The number of rotatable bonds is 4. The lowest BCUT2D eigenvalue weighted by molar-refractivity contribution is 0.248. The first-order chi connectivity index (χ1) is 11.3. The molecule has 1 aliphatic heterocycles. The van der Waals surface area contributed by atoms with E-state index in [0.717, 1.165) is 24.3 Å². The number of aromatic nitrogens is 1. The van der Waals surface area contributed by atoms with Gasteiger partial charge < -0.3 is 4.42 Å².